The number of phenols is 1. The van der Waals surface area contributed by atoms with Gasteiger partial charge < -0.3 is 10.8 Å². The summed E-state index contributed by atoms with van der Waals surface area (Å²) in [5.74, 6) is 0.761. The molecule has 0 radical (unpaired) electrons. The summed E-state index contributed by atoms with van der Waals surface area (Å²) in [4.78, 5) is 0. The summed E-state index contributed by atoms with van der Waals surface area (Å²) in [7, 11) is 0. The van der Waals surface area contributed by atoms with Crippen LogP contribution in [-0.2, 0) is 6.42 Å². The number of hydrogen-bond acceptors (Lipinski definition) is 2. The number of nitrogen functional groups attached to an aromatic ring is 1. The lowest BCUT2D eigenvalue weighted by Gasteiger charge is -2.02. The Labute approximate surface area is 70.6 Å². The van der Waals surface area contributed by atoms with E-state index in [1.54, 1.807) is 18.2 Å². The van der Waals surface area contributed by atoms with Gasteiger partial charge in [-0.3, -0.25) is 0 Å². The van der Waals surface area contributed by atoms with Crippen molar-refractivity contribution in [2.45, 2.75) is 6.42 Å². The first-order chi connectivity index (χ1) is 5.24. The molecule has 11 heavy (non-hydrogen) atoms. The fourth-order valence-electron chi connectivity index (χ4n) is 0.907. The Morgan fingerprint density at radius 1 is 1.45 bits per heavy atom. The summed E-state index contributed by atoms with van der Waals surface area (Å²) in [6.45, 7) is 0. The van der Waals surface area contributed by atoms with E-state index in [1.807, 2.05) is 0 Å². The molecule has 1 rings (SSSR count). The van der Waals surface area contributed by atoms with E-state index < -0.39 is 0 Å². The molecule has 3 heteroatoms. The number of halogens is 1. The van der Waals surface area contributed by atoms with E-state index in [4.69, 9.17) is 17.3 Å². The summed E-state index contributed by atoms with van der Waals surface area (Å²) in [6.07, 6.45) is 0.651. The molecule has 1 aromatic carbocycles. The largest absolute Gasteiger partial charge is 0.508 e. The molecular weight excluding hydrogens is 162 g/mol. The zero-order chi connectivity index (χ0) is 8.27. The molecule has 0 bridgehead atoms. The number of hydrogen-bond donors (Lipinski definition) is 2. The van der Waals surface area contributed by atoms with Crippen molar-refractivity contribution in [2.24, 2.45) is 0 Å². The van der Waals surface area contributed by atoms with Crippen molar-refractivity contribution in [1.82, 2.24) is 0 Å². The predicted octanol–water partition coefficient (Wildman–Crippen LogP) is 1.76. The Balaban J connectivity index is 2.93. The number of nitrogens with two attached hydrogens (primary N) is 1. The molecule has 0 heterocycles. The minimum absolute atomic E-state index is 0.264. The van der Waals surface area contributed by atoms with Crippen LogP contribution < -0.4 is 5.73 Å². The quantitative estimate of drug-likeness (QED) is 0.405. The standard InChI is InChI=1S/C8H10ClNO/c9-4-3-6-5-7(10)1-2-8(6)11/h1-2,5,11H,3-4,10H2. The van der Waals surface area contributed by atoms with E-state index in [1.165, 1.54) is 0 Å². The van der Waals surface area contributed by atoms with Crippen molar-refractivity contribution in [3.05, 3.63) is 23.8 Å². The van der Waals surface area contributed by atoms with Crippen LogP contribution >= 0.6 is 11.6 Å². The molecule has 3 N–H and O–H groups in total. The fraction of sp³-hybridized carbons (Fsp3) is 0.250. The van der Waals surface area contributed by atoms with Crippen LogP contribution in [0, 0.1) is 0 Å². The van der Waals surface area contributed by atoms with Crippen LogP contribution in [0.1, 0.15) is 5.56 Å². The summed E-state index contributed by atoms with van der Waals surface area (Å²) in [5, 5.41) is 9.25. The van der Waals surface area contributed by atoms with Crippen LogP contribution in [0.3, 0.4) is 0 Å². The highest BCUT2D eigenvalue weighted by atomic mass is 35.5. The Morgan fingerprint density at radius 2 is 2.18 bits per heavy atom. The maximum atomic E-state index is 9.25. The summed E-state index contributed by atoms with van der Waals surface area (Å²) >= 11 is 5.51. The zero-order valence-corrected chi connectivity index (χ0v) is 6.80. The van der Waals surface area contributed by atoms with Gasteiger partial charge in [0.25, 0.3) is 0 Å². The molecule has 0 amide bonds. The average molecular weight is 172 g/mol. The molecule has 1 aromatic rings. The SMILES string of the molecule is Nc1ccc(O)c(CCCl)c1. The lowest BCUT2D eigenvalue weighted by atomic mass is 10.1. The van der Waals surface area contributed by atoms with E-state index in [0.29, 0.717) is 18.0 Å². The van der Waals surface area contributed by atoms with Gasteiger partial charge in [0.2, 0.25) is 0 Å². The van der Waals surface area contributed by atoms with Gasteiger partial charge in [0.05, 0.1) is 0 Å². The summed E-state index contributed by atoms with van der Waals surface area (Å²) in [6, 6.07) is 4.97. The van der Waals surface area contributed by atoms with Crippen LogP contribution in [-0.4, -0.2) is 11.0 Å². The van der Waals surface area contributed by atoms with Crippen molar-refractivity contribution in [2.75, 3.05) is 11.6 Å². The molecule has 0 spiro atoms. The highest BCUT2D eigenvalue weighted by Gasteiger charge is 1.99. The normalized spacial score (nSPS) is 9.91. The third-order valence-corrected chi connectivity index (χ3v) is 1.66. The number of phenolic OH excluding ortho intramolecular Hbond substituents is 1. The molecule has 2 nitrogen and oxygen atoms in total. The first-order valence-electron chi connectivity index (χ1n) is 3.37. The number of benzene rings is 1. The van der Waals surface area contributed by atoms with Gasteiger partial charge >= 0.3 is 0 Å². The predicted molar refractivity (Wildman–Crippen MR) is 46.9 cm³/mol. The fourth-order valence-corrected chi connectivity index (χ4v) is 1.11. The van der Waals surface area contributed by atoms with Crippen LogP contribution in [0.25, 0.3) is 0 Å². The monoisotopic (exact) mass is 171 g/mol. The van der Waals surface area contributed by atoms with E-state index in [-0.39, 0.29) is 5.75 Å². The summed E-state index contributed by atoms with van der Waals surface area (Å²) in [5.41, 5.74) is 6.96. The minimum Gasteiger partial charge on any atom is -0.508 e. The Morgan fingerprint density at radius 3 is 2.82 bits per heavy atom. The molecule has 0 aliphatic carbocycles. The van der Waals surface area contributed by atoms with Crippen molar-refractivity contribution >= 4 is 17.3 Å². The van der Waals surface area contributed by atoms with Gasteiger partial charge in [-0.05, 0) is 30.2 Å². The van der Waals surface area contributed by atoms with Crippen molar-refractivity contribution in [3.63, 3.8) is 0 Å². The van der Waals surface area contributed by atoms with E-state index >= 15 is 0 Å². The second-order valence-electron chi connectivity index (χ2n) is 2.33. The first kappa shape index (κ1) is 8.21. The molecule has 0 atom stereocenters. The van der Waals surface area contributed by atoms with E-state index in [2.05, 4.69) is 0 Å². The molecule has 0 unspecified atom stereocenters. The lowest BCUT2D eigenvalue weighted by Crippen LogP contribution is -1.90. The van der Waals surface area contributed by atoms with Crippen molar-refractivity contribution < 1.29 is 5.11 Å². The second kappa shape index (κ2) is 3.49. The number of aromatic hydroxyl groups is 1. The molecule has 0 aliphatic heterocycles. The number of anilines is 1. The van der Waals surface area contributed by atoms with Gasteiger partial charge in [0.15, 0.2) is 0 Å². The number of alkyl halides is 1. The lowest BCUT2D eigenvalue weighted by molar-refractivity contribution is 0.469. The van der Waals surface area contributed by atoms with Crippen molar-refractivity contribution in [1.29, 1.82) is 0 Å². The molecular formula is C8H10ClNO. The van der Waals surface area contributed by atoms with Crippen LogP contribution in [0.2, 0.25) is 0 Å². The van der Waals surface area contributed by atoms with Gasteiger partial charge in [0, 0.05) is 11.6 Å². The molecule has 0 aliphatic rings. The molecule has 0 fully saturated rings. The smallest absolute Gasteiger partial charge is 0.118 e. The van der Waals surface area contributed by atoms with Crippen LogP contribution in [0.15, 0.2) is 18.2 Å². The highest BCUT2D eigenvalue weighted by Crippen LogP contribution is 2.20. The molecule has 0 saturated carbocycles. The maximum absolute atomic E-state index is 9.25. The Bertz CT molecular complexity index is 250. The maximum Gasteiger partial charge on any atom is 0.118 e. The van der Waals surface area contributed by atoms with Crippen LogP contribution in [0.5, 0.6) is 5.75 Å². The first-order valence-corrected chi connectivity index (χ1v) is 3.91. The molecule has 0 saturated heterocycles. The topological polar surface area (TPSA) is 46.2 Å². The molecule has 0 aromatic heterocycles. The third kappa shape index (κ3) is 2.02. The number of aryl methyl sites for hydroxylation is 1. The Kier molecular flexibility index (Phi) is 2.60. The van der Waals surface area contributed by atoms with E-state index in [0.717, 1.165) is 5.56 Å². The van der Waals surface area contributed by atoms with E-state index in [9.17, 15) is 5.11 Å². The summed E-state index contributed by atoms with van der Waals surface area (Å²) < 4.78 is 0. The van der Waals surface area contributed by atoms with Crippen LogP contribution in [0.4, 0.5) is 5.69 Å². The van der Waals surface area contributed by atoms with Gasteiger partial charge in [-0.15, -0.1) is 11.6 Å². The third-order valence-electron chi connectivity index (χ3n) is 1.47. The van der Waals surface area contributed by atoms with Crippen molar-refractivity contribution in [3.8, 4) is 5.75 Å². The van der Waals surface area contributed by atoms with Gasteiger partial charge in [-0.2, -0.15) is 0 Å². The minimum atomic E-state index is 0.264. The average Bonchev–Trinajstić information content (AvgIpc) is 1.98. The highest BCUT2D eigenvalue weighted by molar-refractivity contribution is 6.18. The number of rotatable bonds is 2. The van der Waals surface area contributed by atoms with Gasteiger partial charge in [-0.1, -0.05) is 0 Å². The van der Waals surface area contributed by atoms with Gasteiger partial charge in [0.1, 0.15) is 5.75 Å². The molecule has 60 valence electrons. The zero-order valence-electron chi connectivity index (χ0n) is 6.05. The second-order valence-corrected chi connectivity index (χ2v) is 2.71. The Hall–Kier alpha value is -0.890. The van der Waals surface area contributed by atoms with Gasteiger partial charge in [-0.25, -0.2) is 0 Å².